The number of thiol groups is 1. The number of ether oxygens (including phenoxy) is 1. The topological polar surface area (TPSA) is 134 Å². The van der Waals surface area contributed by atoms with Crippen molar-refractivity contribution in [3.8, 4) is 5.75 Å². The molecule has 9 nitrogen and oxygen atoms in total. The summed E-state index contributed by atoms with van der Waals surface area (Å²) in [4.78, 5) is 45.3. The minimum absolute atomic E-state index is 0.411. The van der Waals surface area contributed by atoms with E-state index in [0.29, 0.717) is 11.4 Å². The van der Waals surface area contributed by atoms with Crippen LogP contribution in [0.1, 0.15) is 6.42 Å². The summed E-state index contributed by atoms with van der Waals surface area (Å²) in [5.74, 6) is -2.09. The van der Waals surface area contributed by atoms with E-state index in [-0.39, 0.29) is 0 Å². The lowest BCUT2D eigenvalue weighted by atomic mass is 10.1. The molecule has 0 aliphatic carbocycles. The van der Waals surface area contributed by atoms with Gasteiger partial charge in [0.2, 0.25) is 11.8 Å². The largest absolute Gasteiger partial charge is 0.497 e. The van der Waals surface area contributed by atoms with Gasteiger partial charge in [0.25, 0.3) is 5.24 Å². The van der Waals surface area contributed by atoms with E-state index < -0.39 is 42.0 Å². The summed E-state index contributed by atoms with van der Waals surface area (Å²) in [6.07, 6.45) is -0.609. The maximum Gasteiger partial charge on any atom is 0.305 e. The first-order chi connectivity index (χ1) is 11.3. The van der Waals surface area contributed by atoms with Crippen LogP contribution in [-0.2, 0) is 14.4 Å². The molecular weight excluding hydrogens is 338 g/mol. The number of benzene rings is 1. The van der Waals surface area contributed by atoms with Gasteiger partial charge in [0.1, 0.15) is 11.8 Å². The molecule has 0 aliphatic rings. The van der Waals surface area contributed by atoms with Crippen LogP contribution in [-0.4, -0.2) is 47.8 Å². The summed E-state index contributed by atoms with van der Waals surface area (Å²) in [7, 11) is 1.50. The van der Waals surface area contributed by atoms with E-state index in [0.717, 1.165) is 0 Å². The van der Waals surface area contributed by atoms with Gasteiger partial charge in [-0.1, -0.05) is 12.6 Å². The number of rotatable bonds is 8. The zero-order valence-corrected chi connectivity index (χ0v) is 13.6. The average Bonchev–Trinajstić information content (AvgIpc) is 2.52. The lowest BCUT2D eigenvalue weighted by Gasteiger charge is -2.17. The SMILES string of the molecule is COc1ccc(NC(=O)[C@H](CC(=O)O)NC(=O)CNC(=O)S)cc1. The Labute approximate surface area is 143 Å². The molecule has 4 N–H and O–H groups in total. The molecule has 0 aromatic heterocycles. The van der Waals surface area contributed by atoms with Crippen LogP contribution in [0.4, 0.5) is 10.5 Å². The van der Waals surface area contributed by atoms with Gasteiger partial charge in [0, 0.05) is 5.69 Å². The van der Waals surface area contributed by atoms with Gasteiger partial charge in [-0.05, 0) is 24.3 Å². The fourth-order valence-electron chi connectivity index (χ4n) is 1.69. The minimum atomic E-state index is -1.30. The van der Waals surface area contributed by atoms with E-state index in [4.69, 9.17) is 9.84 Å². The predicted molar refractivity (Wildman–Crippen MR) is 88.2 cm³/mol. The van der Waals surface area contributed by atoms with E-state index in [1.807, 2.05) is 0 Å². The maximum absolute atomic E-state index is 12.2. The summed E-state index contributed by atoms with van der Waals surface area (Å²) in [6, 6.07) is 5.06. The maximum atomic E-state index is 12.2. The van der Waals surface area contributed by atoms with Crippen molar-refractivity contribution in [2.45, 2.75) is 12.5 Å². The number of hydrogen-bond acceptors (Lipinski definition) is 5. The number of methoxy groups -OCH3 is 1. The van der Waals surface area contributed by atoms with Crippen LogP contribution in [0.5, 0.6) is 5.75 Å². The molecule has 1 atom stereocenters. The number of hydrogen-bond donors (Lipinski definition) is 5. The van der Waals surface area contributed by atoms with Crippen LogP contribution >= 0.6 is 12.6 Å². The van der Waals surface area contributed by atoms with E-state index in [9.17, 15) is 19.2 Å². The van der Waals surface area contributed by atoms with Crippen LogP contribution in [0.25, 0.3) is 0 Å². The first kappa shape index (κ1) is 19.3. The summed E-state index contributed by atoms with van der Waals surface area (Å²) < 4.78 is 4.98. The molecule has 1 rings (SSSR count). The molecule has 0 unspecified atom stereocenters. The molecule has 1 aromatic carbocycles. The fraction of sp³-hybridized carbons (Fsp3) is 0.286. The molecule has 0 aliphatic heterocycles. The zero-order chi connectivity index (χ0) is 18.1. The Morgan fingerprint density at radius 1 is 1.21 bits per heavy atom. The van der Waals surface area contributed by atoms with Crippen molar-refractivity contribution in [3.63, 3.8) is 0 Å². The molecule has 0 saturated carbocycles. The first-order valence-corrected chi connectivity index (χ1v) is 7.19. The van der Waals surface area contributed by atoms with Gasteiger partial charge in [0.05, 0.1) is 20.1 Å². The zero-order valence-electron chi connectivity index (χ0n) is 12.7. The number of carboxylic acids is 1. The third-order valence-electron chi connectivity index (χ3n) is 2.79. The number of carbonyl (C=O) groups excluding carboxylic acids is 3. The van der Waals surface area contributed by atoms with Gasteiger partial charge in [-0.25, -0.2) is 0 Å². The molecule has 3 amide bonds. The van der Waals surface area contributed by atoms with Crippen LogP contribution in [0.15, 0.2) is 24.3 Å². The van der Waals surface area contributed by atoms with Crippen molar-refractivity contribution in [1.82, 2.24) is 10.6 Å². The number of nitrogens with one attached hydrogen (secondary N) is 3. The quantitative estimate of drug-likeness (QED) is 0.424. The third-order valence-corrected chi connectivity index (χ3v) is 2.95. The predicted octanol–water partition coefficient (Wildman–Crippen LogP) is 0.233. The van der Waals surface area contributed by atoms with Crippen molar-refractivity contribution >= 4 is 41.3 Å². The van der Waals surface area contributed by atoms with E-state index in [2.05, 4.69) is 28.6 Å². The van der Waals surface area contributed by atoms with Gasteiger partial charge >= 0.3 is 5.97 Å². The highest BCUT2D eigenvalue weighted by Gasteiger charge is 2.23. The van der Waals surface area contributed by atoms with Gasteiger partial charge in [-0.15, -0.1) is 0 Å². The van der Waals surface area contributed by atoms with Gasteiger partial charge in [-0.2, -0.15) is 0 Å². The van der Waals surface area contributed by atoms with Gasteiger partial charge in [-0.3, -0.25) is 19.2 Å². The Balaban J connectivity index is 2.70. The summed E-state index contributed by atoms with van der Waals surface area (Å²) >= 11 is 3.43. The Morgan fingerprint density at radius 3 is 2.33 bits per heavy atom. The third kappa shape index (κ3) is 7.01. The first-order valence-electron chi connectivity index (χ1n) is 6.74. The lowest BCUT2D eigenvalue weighted by molar-refractivity contribution is -0.139. The molecule has 0 fully saturated rings. The second-order valence-corrected chi connectivity index (χ2v) is 5.00. The second kappa shape index (κ2) is 9.40. The molecular formula is C14H17N3O6S. The molecule has 0 radical (unpaired) electrons. The van der Waals surface area contributed by atoms with Crippen molar-refractivity contribution in [2.24, 2.45) is 0 Å². The Hall–Kier alpha value is -2.75. The highest BCUT2D eigenvalue weighted by atomic mass is 32.1. The minimum Gasteiger partial charge on any atom is -0.497 e. The summed E-state index contributed by atoms with van der Waals surface area (Å²) in [6.45, 7) is -0.422. The summed E-state index contributed by atoms with van der Waals surface area (Å²) in [5, 5.41) is 15.0. The molecule has 0 saturated heterocycles. The fourth-order valence-corrected chi connectivity index (χ4v) is 1.77. The standard InChI is InChI=1S/C14H17N3O6S/c1-23-9-4-2-8(3-5-9)16-13(21)10(6-12(19)20)17-11(18)7-15-14(22)24/h2-5,10H,6-7H2,1H3,(H,16,21)(H,17,18)(H,19,20)(H2,15,22,24)/t10-/m0/s1. The second-order valence-electron chi connectivity index (χ2n) is 4.59. The van der Waals surface area contributed by atoms with E-state index in [1.54, 1.807) is 24.3 Å². The van der Waals surface area contributed by atoms with Crippen LogP contribution in [0.2, 0.25) is 0 Å². The monoisotopic (exact) mass is 355 g/mol. The van der Waals surface area contributed by atoms with E-state index >= 15 is 0 Å². The average molecular weight is 355 g/mol. The lowest BCUT2D eigenvalue weighted by Crippen LogP contribution is -2.48. The summed E-state index contributed by atoms with van der Waals surface area (Å²) in [5.41, 5.74) is 0.411. The Bertz CT molecular complexity index is 619. The van der Waals surface area contributed by atoms with E-state index in [1.165, 1.54) is 7.11 Å². The van der Waals surface area contributed by atoms with Gasteiger partial charge < -0.3 is 25.8 Å². The molecule has 130 valence electrons. The highest BCUT2D eigenvalue weighted by Crippen LogP contribution is 2.15. The number of amides is 3. The molecule has 0 bridgehead atoms. The smallest absolute Gasteiger partial charge is 0.305 e. The van der Waals surface area contributed by atoms with Crippen molar-refractivity contribution in [2.75, 3.05) is 19.0 Å². The van der Waals surface area contributed by atoms with Crippen molar-refractivity contribution < 1.29 is 29.0 Å². The molecule has 1 aromatic rings. The molecule has 10 heteroatoms. The van der Waals surface area contributed by atoms with Crippen molar-refractivity contribution in [1.29, 1.82) is 0 Å². The highest BCUT2D eigenvalue weighted by molar-refractivity contribution is 7.96. The van der Waals surface area contributed by atoms with Crippen LogP contribution in [0, 0.1) is 0 Å². The normalized spacial score (nSPS) is 11.1. The molecule has 0 spiro atoms. The number of aliphatic carboxylic acids is 1. The number of carbonyl (C=O) groups is 4. The van der Waals surface area contributed by atoms with Crippen molar-refractivity contribution in [3.05, 3.63) is 24.3 Å². The number of carboxylic acid groups (broad SMARTS) is 1. The van der Waals surface area contributed by atoms with Crippen LogP contribution < -0.4 is 20.7 Å². The Kier molecular flexibility index (Phi) is 7.56. The molecule has 24 heavy (non-hydrogen) atoms. The number of anilines is 1. The van der Waals surface area contributed by atoms with Crippen LogP contribution in [0.3, 0.4) is 0 Å². The van der Waals surface area contributed by atoms with Gasteiger partial charge in [0.15, 0.2) is 0 Å². The Morgan fingerprint density at radius 2 is 1.83 bits per heavy atom. The molecule has 0 heterocycles.